The van der Waals surface area contributed by atoms with Gasteiger partial charge in [-0.25, -0.2) is 4.79 Å². The van der Waals surface area contributed by atoms with Crippen LogP contribution in [0.15, 0.2) is 23.0 Å². The second kappa shape index (κ2) is 5.31. The molecule has 2 fully saturated rings. The Morgan fingerprint density at radius 2 is 2.25 bits per heavy atom. The summed E-state index contributed by atoms with van der Waals surface area (Å²) in [7, 11) is 0. The lowest BCUT2D eigenvalue weighted by Crippen LogP contribution is -2.43. The number of aliphatic carboxylic acids is 1. The minimum absolute atomic E-state index is 0.0481. The minimum atomic E-state index is -0.851. The number of amides is 1. The standard InChI is InChI=1S/C15H19NO4/c17-13(5-4-10-6-7-20-9-10)16-8-11-2-1-3-12(11)14(16)15(18)19/h6-7,9,11-12,14H,1-5,8H2,(H,18,19). The molecule has 1 saturated carbocycles. The van der Waals surface area contributed by atoms with Gasteiger partial charge in [0.25, 0.3) is 0 Å². The zero-order chi connectivity index (χ0) is 14.1. The van der Waals surface area contributed by atoms with Gasteiger partial charge in [-0.3, -0.25) is 4.79 Å². The highest BCUT2D eigenvalue weighted by Gasteiger charge is 2.49. The zero-order valence-corrected chi connectivity index (χ0v) is 11.3. The Labute approximate surface area is 117 Å². The first-order valence-electron chi connectivity index (χ1n) is 7.20. The lowest BCUT2D eigenvalue weighted by Gasteiger charge is -2.24. The summed E-state index contributed by atoms with van der Waals surface area (Å²) in [5.74, 6) is -0.358. The number of hydrogen-bond acceptors (Lipinski definition) is 3. The Bertz CT molecular complexity index is 496. The van der Waals surface area contributed by atoms with Crippen LogP contribution < -0.4 is 0 Å². The maximum atomic E-state index is 12.3. The van der Waals surface area contributed by atoms with Gasteiger partial charge < -0.3 is 14.4 Å². The number of likely N-dealkylation sites (tertiary alicyclic amines) is 1. The van der Waals surface area contributed by atoms with Gasteiger partial charge >= 0.3 is 5.97 Å². The van der Waals surface area contributed by atoms with Crippen LogP contribution in [0.3, 0.4) is 0 Å². The fraction of sp³-hybridized carbons (Fsp3) is 0.600. The Hall–Kier alpha value is -1.78. The van der Waals surface area contributed by atoms with E-state index in [-0.39, 0.29) is 11.8 Å². The van der Waals surface area contributed by atoms with Crippen molar-refractivity contribution < 1.29 is 19.1 Å². The van der Waals surface area contributed by atoms with E-state index in [1.165, 1.54) is 0 Å². The number of furan rings is 1. The molecule has 5 nitrogen and oxygen atoms in total. The molecule has 108 valence electrons. The van der Waals surface area contributed by atoms with Gasteiger partial charge in [0.2, 0.25) is 5.91 Å². The van der Waals surface area contributed by atoms with Crippen molar-refractivity contribution in [2.45, 2.75) is 38.1 Å². The van der Waals surface area contributed by atoms with Gasteiger partial charge in [0.15, 0.2) is 0 Å². The van der Waals surface area contributed by atoms with Crippen LogP contribution in [-0.2, 0) is 16.0 Å². The van der Waals surface area contributed by atoms with Crippen molar-refractivity contribution in [1.82, 2.24) is 4.90 Å². The maximum absolute atomic E-state index is 12.3. The summed E-state index contributed by atoms with van der Waals surface area (Å²) in [6.07, 6.45) is 7.25. The number of carboxylic acids is 1. The van der Waals surface area contributed by atoms with E-state index in [2.05, 4.69) is 0 Å². The maximum Gasteiger partial charge on any atom is 0.326 e. The molecule has 1 N–H and O–H groups in total. The summed E-state index contributed by atoms with van der Waals surface area (Å²) in [4.78, 5) is 25.4. The Morgan fingerprint density at radius 3 is 2.95 bits per heavy atom. The fourth-order valence-corrected chi connectivity index (χ4v) is 3.71. The average Bonchev–Trinajstić information content (AvgIpc) is 3.10. The minimum Gasteiger partial charge on any atom is -0.480 e. The first kappa shape index (κ1) is 13.2. The summed E-state index contributed by atoms with van der Waals surface area (Å²) in [5, 5.41) is 9.42. The van der Waals surface area contributed by atoms with Gasteiger partial charge in [-0.2, -0.15) is 0 Å². The van der Waals surface area contributed by atoms with Crippen molar-refractivity contribution in [2.75, 3.05) is 6.54 Å². The number of fused-ring (bicyclic) bond motifs is 1. The Balaban J connectivity index is 1.65. The van der Waals surface area contributed by atoms with Gasteiger partial charge in [-0.1, -0.05) is 6.42 Å². The normalized spacial score (nSPS) is 28.6. The Kier molecular flexibility index (Phi) is 3.51. The van der Waals surface area contributed by atoms with Crippen LogP contribution in [0.5, 0.6) is 0 Å². The van der Waals surface area contributed by atoms with Gasteiger partial charge in [0, 0.05) is 13.0 Å². The number of carbonyl (C=O) groups excluding carboxylic acids is 1. The molecule has 0 spiro atoms. The molecule has 1 aromatic rings. The molecule has 3 rings (SSSR count). The SMILES string of the molecule is O=C(O)C1C2CCCC2CN1C(=O)CCc1ccoc1. The van der Waals surface area contributed by atoms with Crippen LogP contribution in [0.2, 0.25) is 0 Å². The van der Waals surface area contributed by atoms with Crippen molar-refractivity contribution in [3.63, 3.8) is 0 Å². The van der Waals surface area contributed by atoms with Crippen LogP contribution in [0.4, 0.5) is 0 Å². The van der Waals surface area contributed by atoms with Crippen molar-refractivity contribution in [3.8, 4) is 0 Å². The van der Waals surface area contributed by atoms with Crippen LogP contribution in [-0.4, -0.2) is 34.5 Å². The smallest absolute Gasteiger partial charge is 0.326 e. The van der Waals surface area contributed by atoms with Gasteiger partial charge in [0.1, 0.15) is 6.04 Å². The average molecular weight is 277 g/mol. The summed E-state index contributed by atoms with van der Waals surface area (Å²) in [6.45, 7) is 0.617. The largest absolute Gasteiger partial charge is 0.480 e. The van der Waals surface area contributed by atoms with E-state index in [1.54, 1.807) is 17.4 Å². The van der Waals surface area contributed by atoms with Crippen LogP contribution in [0.1, 0.15) is 31.2 Å². The number of rotatable bonds is 4. The first-order valence-corrected chi connectivity index (χ1v) is 7.20. The van der Waals surface area contributed by atoms with E-state index < -0.39 is 12.0 Å². The monoisotopic (exact) mass is 277 g/mol. The molecule has 2 heterocycles. The van der Waals surface area contributed by atoms with Gasteiger partial charge in [-0.05, 0) is 42.7 Å². The molecule has 3 atom stereocenters. The van der Waals surface area contributed by atoms with E-state index in [1.807, 2.05) is 6.07 Å². The second-order valence-electron chi connectivity index (χ2n) is 5.82. The van der Waals surface area contributed by atoms with E-state index in [4.69, 9.17) is 4.42 Å². The molecule has 0 aromatic carbocycles. The molecule has 1 aliphatic heterocycles. The molecule has 2 aliphatic rings. The Morgan fingerprint density at radius 1 is 1.40 bits per heavy atom. The summed E-state index contributed by atoms with van der Waals surface area (Å²) < 4.78 is 4.97. The van der Waals surface area contributed by atoms with Crippen LogP contribution in [0.25, 0.3) is 0 Å². The third-order valence-electron chi connectivity index (χ3n) is 4.67. The molecule has 0 radical (unpaired) electrons. The quantitative estimate of drug-likeness (QED) is 0.912. The predicted octanol–water partition coefficient (Wildman–Crippen LogP) is 1.92. The first-order chi connectivity index (χ1) is 9.66. The zero-order valence-electron chi connectivity index (χ0n) is 11.3. The number of nitrogens with zero attached hydrogens (tertiary/aromatic N) is 1. The van der Waals surface area contributed by atoms with E-state index in [0.717, 1.165) is 24.8 Å². The topological polar surface area (TPSA) is 70.8 Å². The lowest BCUT2D eigenvalue weighted by atomic mass is 9.94. The van der Waals surface area contributed by atoms with Crippen LogP contribution >= 0.6 is 0 Å². The van der Waals surface area contributed by atoms with Crippen molar-refractivity contribution >= 4 is 11.9 Å². The summed E-state index contributed by atoms with van der Waals surface area (Å²) in [6, 6.07) is 1.22. The van der Waals surface area contributed by atoms with Gasteiger partial charge in [0.05, 0.1) is 12.5 Å². The second-order valence-corrected chi connectivity index (χ2v) is 5.82. The number of carboxylic acid groups (broad SMARTS) is 1. The summed E-state index contributed by atoms with van der Waals surface area (Å²) >= 11 is 0. The molecule has 20 heavy (non-hydrogen) atoms. The summed E-state index contributed by atoms with van der Waals surface area (Å²) in [5.41, 5.74) is 0.976. The highest BCUT2D eigenvalue weighted by atomic mass is 16.4. The lowest BCUT2D eigenvalue weighted by molar-refractivity contribution is -0.149. The van der Waals surface area contributed by atoms with Gasteiger partial charge in [-0.15, -0.1) is 0 Å². The molecule has 1 aliphatic carbocycles. The number of aryl methyl sites for hydroxylation is 1. The number of hydrogen-bond donors (Lipinski definition) is 1. The van der Waals surface area contributed by atoms with Crippen molar-refractivity contribution in [2.24, 2.45) is 11.8 Å². The van der Waals surface area contributed by atoms with E-state index >= 15 is 0 Å². The molecular weight excluding hydrogens is 258 g/mol. The molecular formula is C15H19NO4. The highest BCUT2D eigenvalue weighted by molar-refractivity contribution is 5.85. The van der Waals surface area contributed by atoms with Crippen molar-refractivity contribution in [1.29, 1.82) is 0 Å². The third kappa shape index (κ3) is 2.32. The van der Waals surface area contributed by atoms with E-state index in [9.17, 15) is 14.7 Å². The fourth-order valence-electron chi connectivity index (χ4n) is 3.71. The third-order valence-corrected chi connectivity index (χ3v) is 4.67. The molecule has 3 unspecified atom stereocenters. The predicted molar refractivity (Wildman–Crippen MR) is 71.0 cm³/mol. The molecule has 5 heteroatoms. The molecule has 1 aromatic heterocycles. The molecule has 1 amide bonds. The molecule has 1 saturated heterocycles. The van der Waals surface area contributed by atoms with Crippen molar-refractivity contribution in [3.05, 3.63) is 24.2 Å². The molecule has 0 bridgehead atoms. The highest BCUT2D eigenvalue weighted by Crippen LogP contribution is 2.42. The number of carbonyl (C=O) groups is 2. The van der Waals surface area contributed by atoms with E-state index in [0.29, 0.717) is 25.3 Å². The van der Waals surface area contributed by atoms with Crippen LogP contribution in [0, 0.1) is 11.8 Å².